The minimum Gasteiger partial charge on any atom is -0.491 e. The summed E-state index contributed by atoms with van der Waals surface area (Å²) in [6.07, 6.45) is 0.215. The predicted octanol–water partition coefficient (Wildman–Crippen LogP) is 1.39. The quantitative estimate of drug-likeness (QED) is 0.744. The van der Waals surface area contributed by atoms with Crippen LogP contribution in [0.4, 0.5) is 0 Å². The molecule has 0 aliphatic heterocycles. The molecule has 1 rings (SSSR count). The van der Waals surface area contributed by atoms with Gasteiger partial charge >= 0.3 is 0 Å². The number of carbonyl (C=O) groups excluding carboxylic acids is 1. The fourth-order valence-electron chi connectivity index (χ4n) is 1.60. The van der Waals surface area contributed by atoms with Gasteiger partial charge in [-0.2, -0.15) is 0 Å². The third-order valence-corrected chi connectivity index (χ3v) is 2.52. The van der Waals surface area contributed by atoms with E-state index in [2.05, 4.69) is 24.1 Å². The number of carbonyl (C=O) groups is 1. The standard InChI is InChI=1S/C14H23N3O2/c1-10(2)8-16-9-12-13(5-4-11(3)17-12)19-7-6-14(15)18/h4-5,10,16H,6-9H2,1-3H3,(H2,15,18). The molecule has 3 N–H and O–H groups in total. The van der Waals surface area contributed by atoms with Crippen LogP contribution in [-0.4, -0.2) is 24.0 Å². The average molecular weight is 265 g/mol. The second-order valence-corrected chi connectivity index (χ2v) is 4.99. The van der Waals surface area contributed by atoms with Crippen LogP contribution in [0.15, 0.2) is 12.1 Å². The van der Waals surface area contributed by atoms with E-state index in [4.69, 9.17) is 10.5 Å². The first-order valence-electron chi connectivity index (χ1n) is 6.57. The molecule has 0 saturated heterocycles. The molecule has 1 aromatic heterocycles. The lowest BCUT2D eigenvalue weighted by atomic mass is 10.2. The van der Waals surface area contributed by atoms with Crippen molar-refractivity contribution in [2.75, 3.05) is 13.2 Å². The molecule has 0 atom stereocenters. The van der Waals surface area contributed by atoms with Gasteiger partial charge in [0.1, 0.15) is 5.75 Å². The number of nitrogens with two attached hydrogens (primary N) is 1. The zero-order chi connectivity index (χ0) is 14.3. The Bertz CT molecular complexity index is 419. The maximum Gasteiger partial charge on any atom is 0.220 e. The SMILES string of the molecule is Cc1ccc(OCCC(N)=O)c(CNCC(C)C)n1. The normalized spacial score (nSPS) is 10.7. The molecular weight excluding hydrogens is 242 g/mol. The third kappa shape index (κ3) is 6.20. The summed E-state index contributed by atoms with van der Waals surface area (Å²) in [5.74, 6) is 0.937. The summed E-state index contributed by atoms with van der Waals surface area (Å²) in [6, 6.07) is 3.78. The molecule has 1 heterocycles. The maximum absolute atomic E-state index is 10.7. The summed E-state index contributed by atoms with van der Waals surface area (Å²) in [5.41, 5.74) is 6.90. The first kappa shape index (κ1) is 15.4. The van der Waals surface area contributed by atoms with Crippen LogP contribution in [0, 0.1) is 12.8 Å². The fourth-order valence-corrected chi connectivity index (χ4v) is 1.60. The van der Waals surface area contributed by atoms with Crippen molar-refractivity contribution >= 4 is 5.91 Å². The monoisotopic (exact) mass is 265 g/mol. The molecule has 106 valence electrons. The lowest BCUT2D eigenvalue weighted by Gasteiger charge is -2.12. The van der Waals surface area contributed by atoms with Gasteiger partial charge in [-0.15, -0.1) is 0 Å². The molecule has 5 nitrogen and oxygen atoms in total. The number of amides is 1. The van der Waals surface area contributed by atoms with Gasteiger partial charge in [-0.3, -0.25) is 9.78 Å². The van der Waals surface area contributed by atoms with Gasteiger partial charge < -0.3 is 15.8 Å². The number of aryl methyl sites for hydroxylation is 1. The van der Waals surface area contributed by atoms with E-state index in [1.807, 2.05) is 19.1 Å². The molecule has 0 spiro atoms. The topological polar surface area (TPSA) is 77.2 Å². The lowest BCUT2D eigenvalue weighted by Crippen LogP contribution is -2.21. The van der Waals surface area contributed by atoms with Crippen molar-refractivity contribution in [1.82, 2.24) is 10.3 Å². The Morgan fingerprint density at radius 3 is 2.84 bits per heavy atom. The van der Waals surface area contributed by atoms with E-state index < -0.39 is 0 Å². The van der Waals surface area contributed by atoms with E-state index in [0.29, 0.717) is 18.2 Å². The number of nitrogens with zero attached hydrogens (tertiary/aromatic N) is 1. The highest BCUT2D eigenvalue weighted by Gasteiger charge is 2.07. The Balaban J connectivity index is 2.60. The largest absolute Gasteiger partial charge is 0.491 e. The van der Waals surface area contributed by atoms with Crippen LogP contribution in [0.5, 0.6) is 5.75 Å². The van der Waals surface area contributed by atoms with Crippen LogP contribution < -0.4 is 15.8 Å². The summed E-state index contributed by atoms with van der Waals surface area (Å²) in [4.78, 5) is 15.2. The average Bonchev–Trinajstić information content (AvgIpc) is 2.31. The Hall–Kier alpha value is -1.62. The second kappa shape index (κ2) is 7.74. The fraction of sp³-hybridized carbons (Fsp3) is 0.571. The van der Waals surface area contributed by atoms with E-state index >= 15 is 0 Å². The van der Waals surface area contributed by atoms with Gasteiger partial charge in [-0.25, -0.2) is 0 Å². The van der Waals surface area contributed by atoms with E-state index in [9.17, 15) is 4.79 Å². The maximum atomic E-state index is 10.7. The van der Waals surface area contributed by atoms with Gasteiger partial charge in [-0.1, -0.05) is 13.8 Å². The van der Waals surface area contributed by atoms with Crippen LogP contribution >= 0.6 is 0 Å². The van der Waals surface area contributed by atoms with Gasteiger partial charge in [0, 0.05) is 12.2 Å². The zero-order valence-electron chi connectivity index (χ0n) is 11.9. The van der Waals surface area contributed by atoms with Crippen molar-refractivity contribution in [3.63, 3.8) is 0 Å². The third-order valence-electron chi connectivity index (χ3n) is 2.52. The Kier molecular flexibility index (Phi) is 6.29. The Labute approximate surface area is 114 Å². The number of hydrogen-bond acceptors (Lipinski definition) is 4. The van der Waals surface area contributed by atoms with Crippen molar-refractivity contribution < 1.29 is 9.53 Å². The zero-order valence-corrected chi connectivity index (χ0v) is 11.9. The van der Waals surface area contributed by atoms with E-state index in [1.54, 1.807) is 0 Å². The first-order valence-corrected chi connectivity index (χ1v) is 6.57. The van der Waals surface area contributed by atoms with Gasteiger partial charge in [0.05, 0.1) is 18.7 Å². The van der Waals surface area contributed by atoms with Crippen LogP contribution in [0.3, 0.4) is 0 Å². The highest BCUT2D eigenvalue weighted by molar-refractivity contribution is 5.73. The highest BCUT2D eigenvalue weighted by atomic mass is 16.5. The van der Waals surface area contributed by atoms with Crippen LogP contribution in [0.25, 0.3) is 0 Å². The van der Waals surface area contributed by atoms with Gasteiger partial charge in [-0.05, 0) is 31.5 Å². The molecule has 1 amide bonds. The predicted molar refractivity (Wildman–Crippen MR) is 74.8 cm³/mol. The highest BCUT2D eigenvalue weighted by Crippen LogP contribution is 2.17. The molecule has 0 bridgehead atoms. The second-order valence-electron chi connectivity index (χ2n) is 4.99. The Morgan fingerprint density at radius 2 is 2.21 bits per heavy atom. The molecular formula is C14H23N3O2. The molecule has 0 aliphatic carbocycles. The summed E-state index contributed by atoms with van der Waals surface area (Å²) in [6.45, 7) is 8.13. The molecule has 1 aromatic rings. The molecule has 0 aliphatic rings. The molecule has 0 radical (unpaired) electrons. The summed E-state index contributed by atoms with van der Waals surface area (Å²) in [5, 5.41) is 3.33. The van der Waals surface area contributed by atoms with E-state index in [1.165, 1.54) is 0 Å². The van der Waals surface area contributed by atoms with Crippen molar-refractivity contribution in [2.45, 2.75) is 33.7 Å². The number of primary amides is 1. The van der Waals surface area contributed by atoms with Crippen molar-refractivity contribution in [1.29, 1.82) is 0 Å². The van der Waals surface area contributed by atoms with Crippen LogP contribution in [0.2, 0.25) is 0 Å². The van der Waals surface area contributed by atoms with Gasteiger partial charge in [0.2, 0.25) is 5.91 Å². The number of pyridine rings is 1. The first-order chi connectivity index (χ1) is 8.99. The van der Waals surface area contributed by atoms with Gasteiger partial charge in [0.25, 0.3) is 0 Å². The van der Waals surface area contributed by atoms with E-state index in [-0.39, 0.29) is 18.9 Å². The number of nitrogens with one attached hydrogen (secondary N) is 1. The number of hydrogen-bond donors (Lipinski definition) is 2. The number of rotatable bonds is 8. The molecule has 0 aromatic carbocycles. The molecule has 0 fully saturated rings. The summed E-state index contributed by atoms with van der Waals surface area (Å²) >= 11 is 0. The van der Waals surface area contributed by atoms with Crippen molar-refractivity contribution in [3.05, 3.63) is 23.5 Å². The van der Waals surface area contributed by atoms with Crippen molar-refractivity contribution in [2.24, 2.45) is 11.7 Å². The smallest absolute Gasteiger partial charge is 0.220 e. The summed E-state index contributed by atoms with van der Waals surface area (Å²) < 4.78 is 5.56. The summed E-state index contributed by atoms with van der Waals surface area (Å²) in [7, 11) is 0. The molecule has 0 saturated carbocycles. The lowest BCUT2D eigenvalue weighted by molar-refractivity contribution is -0.118. The van der Waals surface area contributed by atoms with Crippen molar-refractivity contribution in [3.8, 4) is 5.75 Å². The van der Waals surface area contributed by atoms with Gasteiger partial charge in [0.15, 0.2) is 0 Å². The van der Waals surface area contributed by atoms with E-state index in [0.717, 1.165) is 17.9 Å². The van der Waals surface area contributed by atoms with Crippen LogP contribution in [0.1, 0.15) is 31.7 Å². The Morgan fingerprint density at radius 1 is 1.47 bits per heavy atom. The molecule has 19 heavy (non-hydrogen) atoms. The molecule has 5 heteroatoms. The minimum atomic E-state index is -0.362. The molecule has 0 unspecified atom stereocenters. The number of ether oxygens (including phenoxy) is 1. The van der Waals surface area contributed by atoms with Crippen LogP contribution in [-0.2, 0) is 11.3 Å². The number of aromatic nitrogens is 1. The minimum absolute atomic E-state index is 0.215.